The molecule has 0 fully saturated rings. The van der Waals surface area contributed by atoms with Gasteiger partial charge in [0.2, 0.25) is 0 Å². The number of imidazole rings is 1. The molecule has 0 spiro atoms. The van der Waals surface area contributed by atoms with E-state index in [1.165, 1.54) is 24.3 Å². The van der Waals surface area contributed by atoms with Crippen molar-refractivity contribution in [3.05, 3.63) is 62.6 Å². The fourth-order valence-corrected chi connectivity index (χ4v) is 3.76. The van der Waals surface area contributed by atoms with Crippen molar-refractivity contribution >= 4 is 32.4 Å². The van der Waals surface area contributed by atoms with Gasteiger partial charge in [0.25, 0.3) is 15.7 Å². The van der Waals surface area contributed by atoms with Gasteiger partial charge in [0, 0.05) is 17.8 Å². The minimum absolute atomic E-state index is 0.0783. The third-order valence-corrected chi connectivity index (χ3v) is 5.29. The van der Waals surface area contributed by atoms with E-state index in [1.54, 1.807) is 13.0 Å². The van der Waals surface area contributed by atoms with Gasteiger partial charge in [-0.15, -0.1) is 0 Å². The van der Waals surface area contributed by atoms with Crippen LogP contribution in [0.4, 0.5) is 11.4 Å². The molecular formula is C14H12N4O5S. The maximum atomic E-state index is 12.8. The van der Waals surface area contributed by atoms with Crippen LogP contribution in [0.15, 0.2) is 46.1 Å². The largest absolute Gasteiger partial charge is 0.398 e. The molecule has 0 radical (unpaired) electrons. The number of anilines is 1. The first-order valence-electron chi connectivity index (χ1n) is 6.72. The Hall–Kier alpha value is -3.14. The maximum absolute atomic E-state index is 12.8. The third-order valence-electron chi connectivity index (χ3n) is 3.60. The zero-order valence-electron chi connectivity index (χ0n) is 12.4. The number of nitrogen functional groups attached to an aromatic ring is 1. The first-order chi connectivity index (χ1) is 11.2. The number of aromatic nitrogens is 2. The van der Waals surface area contributed by atoms with Crippen LogP contribution in [0.5, 0.6) is 0 Å². The van der Waals surface area contributed by atoms with Gasteiger partial charge in [0.05, 0.1) is 20.9 Å². The van der Waals surface area contributed by atoms with Crippen molar-refractivity contribution in [2.75, 3.05) is 5.73 Å². The Morgan fingerprint density at radius 2 is 1.96 bits per heavy atom. The highest BCUT2D eigenvalue weighted by Gasteiger charge is 2.24. The fourth-order valence-electron chi connectivity index (χ4n) is 2.36. The van der Waals surface area contributed by atoms with Gasteiger partial charge in [-0.2, -0.15) is 3.97 Å². The van der Waals surface area contributed by atoms with Crippen molar-refractivity contribution in [1.29, 1.82) is 0 Å². The van der Waals surface area contributed by atoms with Crippen LogP contribution in [0.3, 0.4) is 0 Å². The molecule has 0 amide bonds. The Morgan fingerprint density at radius 3 is 2.62 bits per heavy atom. The third kappa shape index (κ3) is 2.33. The smallest absolute Gasteiger partial charge is 0.340 e. The Labute approximate surface area is 135 Å². The minimum atomic E-state index is -4.33. The first kappa shape index (κ1) is 15.7. The van der Waals surface area contributed by atoms with E-state index >= 15 is 0 Å². The van der Waals surface area contributed by atoms with E-state index in [2.05, 4.69) is 4.98 Å². The molecule has 0 aliphatic carbocycles. The average Bonchev–Trinajstić information content (AvgIpc) is 2.83. The van der Waals surface area contributed by atoms with Crippen molar-refractivity contribution in [2.45, 2.75) is 11.8 Å². The van der Waals surface area contributed by atoms with Crippen molar-refractivity contribution < 1.29 is 13.3 Å². The number of nitro groups is 1. The summed E-state index contributed by atoms with van der Waals surface area (Å²) in [7, 11) is -4.33. The number of hydrogen-bond donors (Lipinski definition) is 2. The predicted molar refractivity (Wildman–Crippen MR) is 87.4 cm³/mol. The Balaban J connectivity index is 2.32. The second-order valence-electron chi connectivity index (χ2n) is 5.18. The molecule has 0 bridgehead atoms. The molecule has 3 aromatic rings. The second-order valence-corrected chi connectivity index (χ2v) is 6.97. The molecule has 1 aromatic heterocycles. The van der Waals surface area contributed by atoms with Gasteiger partial charge < -0.3 is 10.7 Å². The summed E-state index contributed by atoms with van der Waals surface area (Å²) >= 11 is 0. The zero-order chi connectivity index (χ0) is 17.6. The van der Waals surface area contributed by atoms with E-state index in [0.29, 0.717) is 20.7 Å². The van der Waals surface area contributed by atoms with E-state index in [0.717, 1.165) is 6.07 Å². The number of fused-ring (bicyclic) bond motifs is 1. The molecule has 10 heteroatoms. The Morgan fingerprint density at radius 1 is 1.25 bits per heavy atom. The van der Waals surface area contributed by atoms with Crippen LogP contribution in [0.2, 0.25) is 0 Å². The van der Waals surface area contributed by atoms with Crippen molar-refractivity contribution in [1.82, 2.24) is 8.96 Å². The summed E-state index contributed by atoms with van der Waals surface area (Å²) in [5.41, 5.74) is 5.93. The summed E-state index contributed by atoms with van der Waals surface area (Å²) in [6, 6.07) is 7.42. The molecule has 0 aliphatic heterocycles. The standard InChI is InChI=1S/C14H12N4O5S/c1-8-5-12-13(7-11(8)15)17(14(19)16-12)24(22,23)10-4-2-3-9(6-10)18(20)21/h2-7H,15H2,1H3,(H,16,19). The first-order valence-corrected chi connectivity index (χ1v) is 8.16. The molecular weight excluding hydrogens is 336 g/mol. The van der Waals surface area contributed by atoms with E-state index in [-0.39, 0.29) is 16.1 Å². The second kappa shape index (κ2) is 5.20. The summed E-state index contributed by atoms with van der Waals surface area (Å²) in [5.74, 6) is 0. The van der Waals surface area contributed by atoms with Crippen LogP contribution in [0.25, 0.3) is 11.0 Å². The van der Waals surface area contributed by atoms with Crippen molar-refractivity contribution in [3.63, 3.8) is 0 Å². The van der Waals surface area contributed by atoms with Crippen LogP contribution >= 0.6 is 0 Å². The maximum Gasteiger partial charge on any atom is 0.340 e. The molecule has 9 nitrogen and oxygen atoms in total. The predicted octanol–water partition coefficient (Wildman–Crippen LogP) is 1.37. The normalized spacial score (nSPS) is 11.7. The number of nitrogens with two attached hydrogens (primary N) is 1. The summed E-state index contributed by atoms with van der Waals surface area (Å²) in [6.07, 6.45) is 0. The van der Waals surface area contributed by atoms with Crippen LogP contribution in [0, 0.1) is 17.0 Å². The van der Waals surface area contributed by atoms with Gasteiger partial charge in [-0.1, -0.05) is 6.07 Å². The number of aromatic amines is 1. The molecule has 0 saturated heterocycles. The van der Waals surface area contributed by atoms with E-state index < -0.39 is 20.6 Å². The Bertz CT molecular complexity index is 1140. The van der Waals surface area contributed by atoms with Crippen LogP contribution in [0.1, 0.15) is 5.56 Å². The van der Waals surface area contributed by atoms with Gasteiger partial charge >= 0.3 is 5.69 Å². The monoisotopic (exact) mass is 348 g/mol. The lowest BCUT2D eigenvalue weighted by molar-refractivity contribution is -0.385. The topological polar surface area (TPSA) is 141 Å². The molecule has 0 saturated carbocycles. The average molecular weight is 348 g/mol. The summed E-state index contributed by atoms with van der Waals surface area (Å²) in [6.45, 7) is 1.72. The van der Waals surface area contributed by atoms with E-state index in [1.807, 2.05) is 0 Å². The highest BCUT2D eigenvalue weighted by Crippen LogP contribution is 2.24. The summed E-state index contributed by atoms with van der Waals surface area (Å²) in [5, 5.41) is 10.8. The number of nitro benzene ring substituents is 1. The van der Waals surface area contributed by atoms with Gasteiger partial charge in [0.1, 0.15) is 0 Å². The number of non-ortho nitro benzene ring substituents is 1. The van der Waals surface area contributed by atoms with Crippen LogP contribution in [-0.4, -0.2) is 22.3 Å². The van der Waals surface area contributed by atoms with Gasteiger partial charge in [0.15, 0.2) is 0 Å². The Kier molecular flexibility index (Phi) is 3.41. The zero-order valence-corrected chi connectivity index (χ0v) is 13.2. The lowest BCUT2D eigenvalue weighted by Crippen LogP contribution is -2.25. The van der Waals surface area contributed by atoms with Gasteiger partial charge in [-0.05, 0) is 30.7 Å². The summed E-state index contributed by atoms with van der Waals surface area (Å²) < 4.78 is 26.1. The highest BCUT2D eigenvalue weighted by molar-refractivity contribution is 7.90. The lowest BCUT2D eigenvalue weighted by atomic mass is 10.2. The SMILES string of the molecule is Cc1cc2[nH]c(=O)n(S(=O)(=O)c3cccc([N+](=O)[O-])c3)c2cc1N. The minimum Gasteiger partial charge on any atom is -0.398 e. The number of nitrogens with one attached hydrogen (secondary N) is 1. The molecule has 3 N–H and O–H groups in total. The van der Waals surface area contributed by atoms with Crippen molar-refractivity contribution in [2.24, 2.45) is 0 Å². The van der Waals surface area contributed by atoms with Crippen LogP contribution in [-0.2, 0) is 10.0 Å². The molecule has 0 atom stereocenters. The molecule has 0 unspecified atom stereocenters. The fraction of sp³-hybridized carbons (Fsp3) is 0.0714. The molecule has 3 rings (SSSR count). The molecule has 0 aliphatic rings. The molecule has 24 heavy (non-hydrogen) atoms. The lowest BCUT2D eigenvalue weighted by Gasteiger charge is -2.07. The molecule has 124 valence electrons. The highest BCUT2D eigenvalue weighted by atomic mass is 32.2. The number of nitrogens with zero attached hydrogens (tertiary/aromatic N) is 2. The number of aryl methyl sites for hydroxylation is 1. The summed E-state index contributed by atoms with van der Waals surface area (Å²) in [4.78, 5) is 24.4. The van der Waals surface area contributed by atoms with Crippen molar-refractivity contribution in [3.8, 4) is 0 Å². The quantitative estimate of drug-likeness (QED) is 0.416. The number of rotatable bonds is 3. The molecule has 2 aromatic carbocycles. The number of H-pyrrole nitrogens is 1. The van der Waals surface area contributed by atoms with Crippen LogP contribution < -0.4 is 11.4 Å². The number of hydrogen-bond acceptors (Lipinski definition) is 6. The van der Waals surface area contributed by atoms with E-state index in [4.69, 9.17) is 5.73 Å². The van der Waals surface area contributed by atoms with Gasteiger partial charge in [-0.3, -0.25) is 10.1 Å². The molecule has 1 heterocycles. The number of benzene rings is 2. The van der Waals surface area contributed by atoms with E-state index in [9.17, 15) is 23.3 Å². The van der Waals surface area contributed by atoms with Gasteiger partial charge in [-0.25, -0.2) is 13.2 Å².